The fourth-order valence-corrected chi connectivity index (χ4v) is 3.59. The van der Waals surface area contributed by atoms with E-state index in [2.05, 4.69) is 34.5 Å². The monoisotopic (exact) mass is 392 g/mol. The highest BCUT2D eigenvalue weighted by atomic mass is 35.5. The largest absolute Gasteiger partial charge is 0.360 e. The first-order valence-corrected chi connectivity index (χ1v) is 9.66. The van der Waals surface area contributed by atoms with E-state index < -0.39 is 0 Å². The standard InChI is InChI=1S/C20H23Cl2N3O/c1-15(16-7-8-18(21)19(22)13-16)23-20(26)14-24-9-11-25(12-10-24)17-5-3-2-4-6-17/h2-8,13,15H,9-12,14H2,1H3,(H,23,26)/p+1/t15-/m1/s1. The molecule has 2 N–H and O–H groups in total. The summed E-state index contributed by atoms with van der Waals surface area (Å²) in [6.07, 6.45) is 0. The highest BCUT2D eigenvalue weighted by molar-refractivity contribution is 6.42. The molecule has 1 saturated heterocycles. The van der Waals surface area contributed by atoms with Crippen LogP contribution in [0.2, 0.25) is 10.0 Å². The summed E-state index contributed by atoms with van der Waals surface area (Å²) in [6, 6.07) is 15.8. The molecule has 0 radical (unpaired) electrons. The van der Waals surface area contributed by atoms with Crippen LogP contribution < -0.4 is 15.1 Å². The number of nitrogens with one attached hydrogen (secondary N) is 2. The van der Waals surface area contributed by atoms with Gasteiger partial charge in [-0.05, 0) is 36.8 Å². The Balaban J connectivity index is 1.47. The van der Waals surface area contributed by atoms with Gasteiger partial charge in [-0.25, -0.2) is 0 Å². The second-order valence-corrected chi connectivity index (χ2v) is 7.53. The summed E-state index contributed by atoms with van der Waals surface area (Å²) >= 11 is 12.0. The minimum Gasteiger partial charge on any atom is -0.360 e. The molecular formula is C20H24Cl2N3O+. The van der Waals surface area contributed by atoms with Gasteiger partial charge in [-0.3, -0.25) is 4.79 Å². The third kappa shape index (κ3) is 4.91. The maximum atomic E-state index is 12.4. The van der Waals surface area contributed by atoms with E-state index in [0.29, 0.717) is 16.6 Å². The number of halogens is 2. The van der Waals surface area contributed by atoms with E-state index >= 15 is 0 Å². The van der Waals surface area contributed by atoms with E-state index in [4.69, 9.17) is 23.2 Å². The van der Waals surface area contributed by atoms with Gasteiger partial charge in [-0.2, -0.15) is 0 Å². The number of rotatable bonds is 5. The summed E-state index contributed by atoms with van der Waals surface area (Å²) in [6.45, 7) is 6.31. The second kappa shape index (κ2) is 8.76. The molecule has 1 aliphatic rings. The Morgan fingerprint density at radius 3 is 2.46 bits per heavy atom. The van der Waals surface area contributed by atoms with E-state index in [9.17, 15) is 4.79 Å². The van der Waals surface area contributed by atoms with Crippen LogP contribution in [0.1, 0.15) is 18.5 Å². The zero-order valence-electron chi connectivity index (χ0n) is 14.8. The number of carbonyl (C=O) groups is 1. The van der Waals surface area contributed by atoms with Crippen LogP contribution in [-0.4, -0.2) is 38.6 Å². The lowest BCUT2D eigenvalue weighted by Gasteiger charge is -2.33. The van der Waals surface area contributed by atoms with Crippen molar-refractivity contribution in [3.63, 3.8) is 0 Å². The SMILES string of the molecule is C[C@@H](NC(=O)C[NH+]1CCN(c2ccccc2)CC1)c1ccc(Cl)c(Cl)c1. The third-order valence-corrected chi connectivity index (χ3v) is 5.56. The Kier molecular flexibility index (Phi) is 6.41. The number of anilines is 1. The van der Waals surface area contributed by atoms with Gasteiger partial charge < -0.3 is 15.1 Å². The Labute approximate surface area is 164 Å². The van der Waals surface area contributed by atoms with Crippen molar-refractivity contribution in [1.82, 2.24) is 5.32 Å². The van der Waals surface area contributed by atoms with Gasteiger partial charge in [0.1, 0.15) is 0 Å². The van der Waals surface area contributed by atoms with E-state index in [-0.39, 0.29) is 11.9 Å². The Hall–Kier alpha value is -1.75. The molecule has 0 unspecified atom stereocenters. The first-order chi connectivity index (χ1) is 12.5. The minimum atomic E-state index is -0.0951. The zero-order chi connectivity index (χ0) is 18.5. The first kappa shape index (κ1) is 19.0. The Morgan fingerprint density at radius 2 is 1.81 bits per heavy atom. The summed E-state index contributed by atoms with van der Waals surface area (Å²) < 4.78 is 0. The number of quaternary nitrogens is 1. The van der Waals surface area contributed by atoms with Gasteiger partial charge in [0, 0.05) is 5.69 Å². The van der Waals surface area contributed by atoms with Crippen molar-refractivity contribution in [3.05, 3.63) is 64.1 Å². The van der Waals surface area contributed by atoms with Crippen molar-refractivity contribution in [2.24, 2.45) is 0 Å². The van der Waals surface area contributed by atoms with E-state index in [1.54, 1.807) is 12.1 Å². The smallest absolute Gasteiger partial charge is 0.275 e. The number of carbonyl (C=O) groups excluding carboxylic acids is 1. The molecule has 138 valence electrons. The molecule has 1 amide bonds. The number of benzene rings is 2. The number of hydrogen-bond donors (Lipinski definition) is 2. The van der Waals surface area contributed by atoms with Crippen LogP contribution in [0.3, 0.4) is 0 Å². The maximum absolute atomic E-state index is 12.4. The van der Waals surface area contributed by atoms with Gasteiger partial charge in [0.2, 0.25) is 0 Å². The first-order valence-electron chi connectivity index (χ1n) is 8.91. The van der Waals surface area contributed by atoms with Crippen molar-refractivity contribution < 1.29 is 9.69 Å². The van der Waals surface area contributed by atoms with Crippen molar-refractivity contribution in [3.8, 4) is 0 Å². The van der Waals surface area contributed by atoms with Gasteiger partial charge >= 0.3 is 0 Å². The number of nitrogens with zero attached hydrogens (tertiary/aromatic N) is 1. The third-order valence-electron chi connectivity index (χ3n) is 4.82. The Bertz CT molecular complexity index is 746. The Morgan fingerprint density at radius 1 is 1.12 bits per heavy atom. The minimum absolute atomic E-state index is 0.0618. The number of hydrogen-bond acceptors (Lipinski definition) is 2. The van der Waals surface area contributed by atoms with Crippen LogP contribution in [0.4, 0.5) is 5.69 Å². The molecule has 0 bridgehead atoms. The summed E-state index contributed by atoms with van der Waals surface area (Å²) in [5.74, 6) is 0.0618. The molecule has 0 aromatic heterocycles. The average Bonchev–Trinajstić information content (AvgIpc) is 2.65. The summed E-state index contributed by atoms with van der Waals surface area (Å²) in [5, 5.41) is 4.09. The van der Waals surface area contributed by atoms with Gasteiger partial charge in [-0.1, -0.05) is 47.5 Å². The van der Waals surface area contributed by atoms with E-state index in [0.717, 1.165) is 31.7 Å². The predicted molar refractivity (Wildman–Crippen MR) is 107 cm³/mol. The quantitative estimate of drug-likeness (QED) is 0.820. The molecule has 2 aromatic rings. The molecule has 26 heavy (non-hydrogen) atoms. The second-order valence-electron chi connectivity index (χ2n) is 6.71. The molecule has 3 rings (SSSR count). The molecular weight excluding hydrogens is 369 g/mol. The summed E-state index contributed by atoms with van der Waals surface area (Å²) in [5.41, 5.74) is 2.21. The highest BCUT2D eigenvalue weighted by Gasteiger charge is 2.23. The van der Waals surface area contributed by atoms with Crippen molar-refractivity contribution in [2.45, 2.75) is 13.0 Å². The van der Waals surface area contributed by atoms with Crippen molar-refractivity contribution in [2.75, 3.05) is 37.6 Å². The summed E-state index contributed by atoms with van der Waals surface area (Å²) in [4.78, 5) is 16.1. The highest BCUT2D eigenvalue weighted by Crippen LogP contribution is 2.25. The van der Waals surface area contributed by atoms with Crippen molar-refractivity contribution in [1.29, 1.82) is 0 Å². The lowest BCUT2D eigenvalue weighted by molar-refractivity contribution is -0.892. The normalized spacial score (nSPS) is 16.3. The van der Waals surface area contributed by atoms with Crippen LogP contribution >= 0.6 is 23.2 Å². The average molecular weight is 393 g/mol. The lowest BCUT2D eigenvalue weighted by atomic mass is 10.1. The molecule has 0 spiro atoms. The molecule has 6 heteroatoms. The van der Waals surface area contributed by atoms with Gasteiger partial charge in [-0.15, -0.1) is 0 Å². The lowest BCUT2D eigenvalue weighted by Crippen LogP contribution is -3.15. The van der Waals surface area contributed by atoms with E-state index in [1.807, 2.05) is 19.1 Å². The molecule has 1 heterocycles. The van der Waals surface area contributed by atoms with Crippen LogP contribution in [0.15, 0.2) is 48.5 Å². The molecule has 1 aliphatic heterocycles. The van der Waals surface area contributed by atoms with E-state index in [1.165, 1.54) is 10.6 Å². The molecule has 0 saturated carbocycles. The fourth-order valence-electron chi connectivity index (χ4n) is 3.28. The fraction of sp³-hybridized carbons (Fsp3) is 0.350. The molecule has 4 nitrogen and oxygen atoms in total. The predicted octanol–water partition coefficient (Wildman–Crippen LogP) is 2.58. The van der Waals surface area contributed by atoms with Gasteiger partial charge in [0.15, 0.2) is 6.54 Å². The maximum Gasteiger partial charge on any atom is 0.275 e. The molecule has 1 fully saturated rings. The molecule has 2 aromatic carbocycles. The number of para-hydroxylation sites is 1. The van der Waals surface area contributed by atoms with Crippen LogP contribution in [0.5, 0.6) is 0 Å². The van der Waals surface area contributed by atoms with Crippen LogP contribution in [0.25, 0.3) is 0 Å². The van der Waals surface area contributed by atoms with Gasteiger partial charge in [0.05, 0.1) is 42.3 Å². The van der Waals surface area contributed by atoms with Gasteiger partial charge in [0.25, 0.3) is 5.91 Å². The van der Waals surface area contributed by atoms with Crippen LogP contribution in [0, 0.1) is 0 Å². The summed E-state index contributed by atoms with van der Waals surface area (Å²) in [7, 11) is 0. The molecule has 0 aliphatic carbocycles. The number of piperazine rings is 1. The topological polar surface area (TPSA) is 36.8 Å². The van der Waals surface area contributed by atoms with Crippen LogP contribution in [-0.2, 0) is 4.79 Å². The van der Waals surface area contributed by atoms with Crippen molar-refractivity contribution >= 4 is 34.8 Å². The number of amides is 1. The zero-order valence-corrected chi connectivity index (χ0v) is 16.4. The molecule has 1 atom stereocenters.